The van der Waals surface area contributed by atoms with Crippen molar-refractivity contribution in [3.05, 3.63) is 34.3 Å². The summed E-state index contributed by atoms with van der Waals surface area (Å²) in [5.41, 5.74) is -0.770. The molecule has 3 nitrogen and oxygen atoms in total. The number of carbonyl (C=O) groups excluding carboxylic acids is 1. The minimum Gasteiger partial charge on any atom is -0.383 e. The highest BCUT2D eigenvalue weighted by atomic mass is 79.9. The zero-order valence-electron chi connectivity index (χ0n) is 9.79. The second-order valence-electron chi connectivity index (χ2n) is 3.91. The molecule has 1 aromatic rings. The molecule has 0 aromatic heterocycles. The highest BCUT2D eigenvalue weighted by Gasteiger charge is 2.29. The zero-order chi connectivity index (χ0) is 13.8. The number of benzene rings is 1. The molecule has 1 amide bonds. The van der Waals surface area contributed by atoms with Crippen LogP contribution in [0, 0.1) is 0 Å². The van der Waals surface area contributed by atoms with E-state index in [1.54, 1.807) is 31.2 Å². The molecule has 0 fully saturated rings. The van der Waals surface area contributed by atoms with Crippen molar-refractivity contribution >= 4 is 21.8 Å². The van der Waals surface area contributed by atoms with Gasteiger partial charge in [-0.3, -0.25) is 4.79 Å². The first-order valence-corrected chi connectivity index (χ1v) is 6.22. The van der Waals surface area contributed by atoms with E-state index in [1.165, 1.54) is 0 Å². The summed E-state index contributed by atoms with van der Waals surface area (Å²) in [4.78, 5) is 10.8. The molecule has 0 aliphatic heterocycles. The van der Waals surface area contributed by atoms with Gasteiger partial charge < -0.3 is 10.4 Å². The summed E-state index contributed by atoms with van der Waals surface area (Å²) in [5, 5.41) is 12.4. The largest absolute Gasteiger partial charge is 0.383 e. The number of halogens is 3. The van der Waals surface area contributed by atoms with Crippen LogP contribution in [-0.2, 0) is 10.4 Å². The van der Waals surface area contributed by atoms with Crippen molar-refractivity contribution in [3.63, 3.8) is 0 Å². The van der Waals surface area contributed by atoms with Gasteiger partial charge in [0.15, 0.2) is 0 Å². The lowest BCUT2D eigenvalue weighted by Crippen LogP contribution is -2.42. The van der Waals surface area contributed by atoms with Crippen molar-refractivity contribution in [2.75, 3.05) is 6.54 Å². The Labute approximate surface area is 112 Å². The number of rotatable bonds is 5. The van der Waals surface area contributed by atoms with Crippen LogP contribution < -0.4 is 5.32 Å². The number of alkyl halides is 2. The fraction of sp³-hybridized carbons (Fsp3) is 0.417. The Kier molecular flexibility index (Phi) is 5.22. The van der Waals surface area contributed by atoms with Gasteiger partial charge in [-0.05, 0) is 24.1 Å². The molecular formula is C12H14BrF2NO2. The van der Waals surface area contributed by atoms with Gasteiger partial charge in [0.05, 0.1) is 6.54 Å². The first-order chi connectivity index (χ1) is 8.39. The van der Waals surface area contributed by atoms with E-state index in [4.69, 9.17) is 0 Å². The Morgan fingerprint density at radius 3 is 2.44 bits per heavy atom. The molecule has 2 N–H and O–H groups in total. The van der Waals surface area contributed by atoms with Crippen molar-refractivity contribution < 1.29 is 18.7 Å². The molecule has 0 radical (unpaired) electrons. The SMILES string of the molecule is CC[C@@](O)(CNC(=O)C(F)F)c1ccc(Br)cc1. The van der Waals surface area contributed by atoms with Crippen LogP contribution in [0.4, 0.5) is 8.78 Å². The predicted octanol–water partition coefficient (Wildman–Crippen LogP) is 2.43. The predicted molar refractivity (Wildman–Crippen MR) is 67.3 cm³/mol. The Bertz CT molecular complexity index is 411. The maximum Gasteiger partial charge on any atom is 0.315 e. The summed E-state index contributed by atoms with van der Waals surface area (Å²) in [6.45, 7) is 1.48. The lowest BCUT2D eigenvalue weighted by atomic mass is 9.91. The first-order valence-electron chi connectivity index (χ1n) is 5.43. The molecule has 6 heteroatoms. The van der Waals surface area contributed by atoms with E-state index in [2.05, 4.69) is 15.9 Å². The fourth-order valence-corrected chi connectivity index (χ4v) is 1.77. The van der Waals surface area contributed by atoms with E-state index in [0.717, 1.165) is 4.47 Å². The molecule has 100 valence electrons. The fourth-order valence-electron chi connectivity index (χ4n) is 1.50. The van der Waals surface area contributed by atoms with E-state index >= 15 is 0 Å². The summed E-state index contributed by atoms with van der Waals surface area (Å²) < 4.78 is 25.0. The Balaban J connectivity index is 2.79. The molecule has 1 rings (SSSR count). The highest BCUT2D eigenvalue weighted by molar-refractivity contribution is 9.10. The van der Waals surface area contributed by atoms with E-state index in [9.17, 15) is 18.7 Å². The molecular weight excluding hydrogens is 308 g/mol. The molecule has 0 saturated carbocycles. The summed E-state index contributed by atoms with van der Waals surface area (Å²) in [6.07, 6.45) is -2.77. The highest BCUT2D eigenvalue weighted by Crippen LogP contribution is 2.25. The average Bonchev–Trinajstić information content (AvgIpc) is 2.36. The molecule has 1 atom stereocenters. The van der Waals surface area contributed by atoms with E-state index in [1.807, 2.05) is 5.32 Å². The standard InChI is InChI=1S/C12H14BrF2NO2/c1-2-12(18,7-16-11(17)10(14)15)8-3-5-9(13)6-4-8/h3-6,10,18H,2,7H2,1H3,(H,16,17)/t12-/m1/s1. The molecule has 0 aliphatic carbocycles. The average molecular weight is 322 g/mol. The second kappa shape index (κ2) is 6.24. The van der Waals surface area contributed by atoms with Gasteiger partial charge in [-0.15, -0.1) is 0 Å². The molecule has 1 aromatic carbocycles. The number of aliphatic hydroxyl groups is 1. The minimum atomic E-state index is -3.07. The van der Waals surface area contributed by atoms with Gasteiger partial charge in [0.25, 0.3) is 5.91 Å². The number of carbonyl (C=O) groups is 1. The smallest absolute Gasteiger partial charge is 0.315 e. The van der Waals surface area contributed by atoms with Gasteiger partial charge in [0, 0.05) is 4.47 Å². The normalized spacial score (nSPS) is 14.3. The third-order valence-electron chi connectivity index (χ3n) is 2.72. The lowest BCUT2D eigenvalue weighted by Gasteiger charge is -2.27. The molecule has 0 aliphatic rings. The third kappa shape index (κ3) is 3.74. The quantitative estimate of drug-likeness (QED) is 0.875. The third-order valence-corrected chi connectivity index (χ3v) is 3.25. The van der Waals surface area contributed by atoms with Crippen molar-refractivity contribution in [2.45, 2.75) is 25.4 Å². The van der Waals surface area contributed by atoms with Gasteiger partial charge in [-0.2, -0.15) is 8.78 Å². The maximum atomic E-state index is 12.1. The molecule has 0 unspecified atom stereocenters. The summed E-state index contributed by atoms with van der Waals surface area (Å²) in [7, 11) is 0. The van der Waals surface area contributed by atoms with Crippen molar-refractivity contribution in [1.82, 2.24) is 5.32 Å². The van der Waals surface area contributed by atoms with E-state index in [-0.39, 0.29) is 6.54 Å². The summed E-state index contributed by atoms with van der Waals surface area (Å²) >= 11 is 3.26. The topological polar surface area (TPSA) is 49.3 Å². The zero-order valence-corrected chi connectivity index (χ0v) is 11.4. The van der Waals surface area contributed by atoms with Gasteiger partial charge in [0.2, 0.25) is 0 Å². The molecule has 18 heavy (non-hydrogen) atoms. The number of amides is 1. The van der Waals surface area contributed by atoms with Crippen molar-refractivity contribution in [2.24, 2.45) is 0 Å². The number of nitrogens with one attached hydrogen (secondary N) is 1. The van der Waals surface area contributed by atoms with Crippen LogP contribution >= 0.6 is 15.9 Å². The lowest BCUT2D eigenvalue weighted by molar-refractivity contribution is -0.133. The Morgan fingerprint density at radius 1 is 1.44 bits per heavy atom. The van der Waals surface area contributed by atoms with Gasteiger partial charge in [-0.25, -0.2) is 0 Å². The number of hydrogen-bond acceptors (Lipinski definition) is 2. The van der Waals surface area contributed by atoms with Crippen LogP contribution in [0.15, 0.2) is 28.7 Å². The van der Waals surface area contributed by atoms with Crippen LogP contribution in [0.2, 0.25) is 0 Å². The van der Waals surface area contributed by atoms with Gasteiger partial charge in [0.1, 0.15) is 5.60 Å². The van der Waals surface area contributed by atoms with E-state index < -0.39 is 17.9 Å². The van der Waals surface area contributed by atoms with Gasteiger partial charge >= 0.3 is 6.43 Å². The molecule has 0 spiro atoms. The number of hydrogen-bond donors (Lipinski definition) is 2. The summed E-state index contributed by atoms with van der Waals surface area (Å²) in [6, 6.07) is 6.85. The monoisotopic (exact) mass is 321 g/mol. The first kappa shape index (κ1) is 15.0. The van der Waals surface area contributed by atoms with Gasteiger partial charge in [-0.1, -0.05) is 35.0 Å². The van der Waals surface area contributed by atoms with Crippen molar-refractivity contribution in [3.8, 4) is 0 Å². The molecule has 0 bridgehead atoms. The minimum absolute atomic E-state index is 0.242. The van der Waals surface area contributed by atoms with Crippen LogP contribution in [0.3, 0.4) is 0 Å². The van der Waals surface area contributed by atoms with Crippen LogP contribution in [-0.4, -0.2) is 24.0 Å². The van der Waals surface area contributed by atoms with Crippen LogP contribution in [0.5, 0.6) is 0 Å². The molecule has 0 saturated heterocycles. The second-order valence-corrected chi connectivity index (χ2v) is 4.83. The Hall–Kier alpha value is -1.01. The van der Waals surface area contributed by atoms with Crippen molar-refractivity contribution in [1.29, 1.82) is 0 Å². The van der Waals surface area contributed by atoms with Crippen LogP contribution in [0.1, 0.15) is 18.9 Å². The molecule has 0 heterocycles. The Morgan fingerprint density at radius 2 is 2.00 bits per heavy atom. The van der Waals surface area contributed by atoms with Crippen LogP contribution in [0.25, 0.3) is 0 Å². The summed E-state index contributed by atoms with van der Waals surface area (Å²) in [5.74, 6) is -1.38. The van der Waals surface area contributed by atoms with E-state index in [0.29, 0.717) is 12.0 Å². The maximum absolute atomic E-state index is 12.1.